The minimum atomic E-state index is -0.529. The van der Waals surface area contributed by atoms with Crippen molar-refractivity contribution in [3.63, 3.8) is 0 Å². The number of hydrogen-bond acceptors (Lipinski definition) is 5. The van der Waals surface area contributed by atoms with E-state index in [0.717, 1.165) is 10.7 Å². The van der Waals surface area contributed by atoms with Gasteiger partial charge in [-0.05, 0) is 0 Å². The predicted octanol–water partition coefficient (Wildman–Crippen LogP) is -0.343. The lowest BCUT2D eigenvalue weighted by Gasteiger charge is -2.09. The van der Waals surface area contributed by atoms with E-state index >= 15 is 0 Å². The van der Waals surface area contributed by atoms with Gasteiger partial charge >= 0.3 is 6.09 Å². The van der Waals surface area contributed by atoms with E-state index in [-0.39, 0.29) is 5.91 Å². The Hall–Kier alpha value is -0.750. The van der Waals surface area contributed by atoms with Crippen molar-refractivity contribution in [1.29, 1.82) is 0 Å². The molecular weight excluding hydrogens is 192 g/mol. The molecule has 2 amide bonds. The van der Waals surface area contributed by atoms with Crippen molar-refractivity contribution < 1.29 is 14.3 Å². The van der Waals surface area contributed by atoms with Crippen molar-refractivity contribution in [3.05, 3.63) is 0 Å². The zero-order valence-electron chi connectivity index (χ0n) is 7.19. The van der Waals surface area contributed by atoms with Gasteiger partial charge in [-0.1, -0.05) is 0 Å². The summed E-state index contributed by atoms with van der Waals surface area (Å²) in [5.41, 5.74) is 5.26. The summed E-state index contributed by atoms with van der Waals surface area (Å²) in [6, 6.07) is 0. The Morgan fingerprint density at radius 3 is 3.00 bits per heavy atom. The molecule has 0 aromatic heterocycles. The largest absolute Gasteiger partial charge is 0.447 e. The summed E-state index contributed by atoms with van der Waals surface area (Å²) in [5.74, 6) is 0.835. The lowest BCUT2D eigenvalue weighted by molar-refractivity contribution is -0.124. The lowest BCUT2D eigenvalue weighted by atomic mass is 10.5. The monoisotopic (exact) mass is 204 g/mol. The van der Waals surface area contributed by atoms with E-state index in [0.29, 0.717) is 25.4 Å². The third-order valence-corrected chi connectivity index (χ3v) is 2.53. The van der Waals surface area contributed by atoms with Crippen molar-refractivity contribution in [2.75, 3.05) is 31.2 Å². The maximum atomic E-state index is 11.3. The molecule has 0 aliphatic carbocycles. The van der Waals surface area contributed by atoms with E-state index < -0.39 is 6.09 Å². The highest BCUT2D eigenvalue weighted by atomic mass is 32.2. The molecule has 1 rings (SSSR count). The fourth-order valence-electron chi connectivity index (χ4n) is 0.941. The molecule has 1 aliphatic rings. The highest BCUT2D eigenvalue weighted by Crippen LogP contribution is 2.07. The molecular formula is C7H12N2O3S. The average molecular weight is 204 g/mol. The smallest absolute Gasteiger partial charge is 0.416 e. The molecule has 1 heterocycles. The SMILES string of the molecule is NCCSCC(=O)N1CCOC1=O. The molecule has 5 nitrogen and oxygen atoms in total. The number of cyclic esters (lactones) is 1. The number of carbonyl (C=O) groups excluding carboxylic acids is 2. The van der Waals surface area contributed by atoms with E-state index in [1.165, 1.54) is 11.8 Å². The van der Waals surface area contributed by atoms with Gasteiger partial charge < -0.3 is 10.5 Å². The number of ether oxygens (including phenoxy) is 1. The molecule has 13 heavy (non-hydrogen) atoms. The highest BCUT2D eigenvalue weighted by molar-refractivity contribution is 7.99. The van der Waals surface area contributed by atoms with Gasteiger partial charge in [0.05, 0.1) is 12.3 Å². The molecule has 0 spiro atoms. The number of thioether (sulfide) groups is 1. The summed E-state index contributed by atoms with van der Waals surface area (Å²) in [7, 11) is 0. The molecule has 1 fully saturated rings. The first-order chi connectivity index (χ1) is 6.25. The Labute approximate surface area is 80.6 Å². The second kappa shape index (κ2) is 5.08. The van der Waals surface area contributed by atoms with Gasteiger partial charge in [-0.3, -0.25) is 4.79 Å². The first-order valence-electron chi connectivity index (χ1n) is 4.00. The maximum Gasteiger partial charge on any atom is 0.416 e. The third-order valence-electron chi connectivity index (χ3n) is 1.55. The Kier molecular flexibility index (Phi) is 4.04. The molecule has 74 valence electrons. The van der Waals surface area contributed by atoms with E-state index in [9.17, 15) is 9.59 Å². The normalized spacial score (nSPS) is 16.1. The second-order valence-electron chi connectivity index (χ2n) is 2.50. The molecule has 1 aliphatic heterocycles. The van der Waals surface area contributed by atoms with Gasteiger partial charge in [0.1, 0.15) is 6.61 Å². The number of nitrogens with zero attached hydrogens (tertiary/aromatic N) is 1. The molecule has 0 saturated carbocycles. The molecule has 0 bridgehead atoms. The molecule has 0 radical (unpaired) electrons. The minimum absolute atomic E-state index is 0.194. The summed E-state index contributed by atoms with van der Waals surface area (Å²) in [4.78, 5) is 23.3. The minimum Gasteiger partial charge on any atom is -0.447 e. The summed E-state index contributed by atoms with van der Waals surface area (Å²) in [5, 5.41) is 0. The lowest BCUT2D eigenvalue weighted by Crippen LogP contribution is -2.33. The topological polar surface area (TPSA) is 72.6 Å². The van der Waals surface area contributed by atoms with Crippen molar-refractivity contribution >= 4 is 23.8 Å². The van der Waals surface area contributed by atoms with Gasteiger partial charge in [0.15, 0.2) is 0 Å². The predicted molar refractivity (Wildman–Crippen MR) is 49.4 cm³/mol. The Morgan fingerprint density at radius 1 is 1.69 bits per heavy atom. The molecule has 6 heteroatoms. The van der Waals surface area contributed by atoms with Crippen LogP contribution in [0, 0.1) is 0 Å². The Balaban J connectivity index is 2.26. The van der Waals surface area contributed by atoms with Gasteiger partial charge in [0.25, 0.3) is 0 Å². The number of rotatable bonds is 4. The van der Waals surface area contributed by atoms with Crippen LogP contribution in [-0.2, 0) is 9.53 Å². The zero-order chi connectivity index (χ0) is 9.68. The van der Waals surface area contributed by atoms with E-state index in [1.807, 2.05) is 0 Å². The van der Waals surface area contributed by atoms with Crippen molar-refractivity contribution in [1.82, 2.24) is 4.90 Å². The number of imide groups is 1. The standard InChI is InChI=1S/C7H12N2O3S/c8-1-4-13-5-6(10)9-2-3-12-7(9)11/h1-5,8H2. The Bertz CT molecular complexity index is 210. The highest BCUT2D eigenvalue weighted by Gasteiger charge is 2.27. The zero-order valence-corrected chi connectivity index (χ0v) is 8.01. The maximum absolute atomic E-state index is 11.3. The van der Waals surface area contributed by atoms with Gasteiger partial charge in [0.2, 0.25) is 5.91 Å². The van der Waals surface area contributed by atoms with Crippen LogP contribution >= 0.6 is 11.8 Å². The fraction of sp³-hybridized carbons (Fsp3) is 0.714. The summed E-state index contributed by atoms with van der Waals surface area (Å²) in [6.45, 7) is 1.23. The third kappa shape index (κ3) is 2.89. The van der Waals surface area contributed by atoms with Crippen LogP contribution in [0.2, 0.25) is 0 Å². The fourth-order valence-corrected chi connectivity index (χ4v) is 1.58. The number of hydrogen-bond donors (Lipinski definition) is 1. The molecule has 0 aromatic carbocycles. The van der Waals surface area contributed by atoms with Crippen molar-refractivity contribution in [2.45, 2.75) is 0 Å². The summed E-state index contributed by atoms with van der Waals surface area (Å²) in [6.07, 6.45) is -0.529. The summed E-state index contributed by atoms with van der Waals surface area (Å²) >= 11 is 1.43. The molecule has 0 atom stereocenters. The van der Waals surface area contributed by atoms with E-state index in [2.05, 4.69) is 4.74 Å². The van der Waals surface area contributed by atoms with Crippen LogP contribution in [0.1, 0.15) is 0 Å². The van der Waals surface area contributed by atoms with Crippen molar-refractivity contribution in [3.8, 4) is 0 Å². The Morgan fingerprint density at radius 2 is 2.46 bits per heavy atom. The van der Waals surface area contributed by atoms with Gasteiger partial charge in [-0.15, -0.1) is 0 Å². The van der Waals surface area contributed by atoms with Crippen molar-refractivity contribution in [2.24, 2.45) is 5.73 Å². The van der Waals surface area contributed by atoms with Crippen LogP contribution in [-0.4, -0.2) is 48.1 Å². The van der Waals surface area contributed by atoms with Crippen LogP contribution in [0.15, 0.2) is 0 Å². The van der Waals surface area contributed by atoms with Crippen LogP contribution in [0.4, 0.5) is 4.79 Å². The number of amides is 2. The molecule has 0 unspecified atom stereocenters. The molecule has 0 aromatic rings. The average Bonchev–Trinajstić information content (AvgIpc) is 2.52. The van der Waals surface area contributed by atoms with Gasteiger partial charge in [0, 0.05) is 12.3 Å². The van der Waals surface area contributed by atoms with Crippen LogP contribution in [0.25, 0.3) is 0 Å². The van der Waals surface area contributed by atoms with Crippen LogP contribution in [0.5, 0.6) is 0 Å². The van der Waals surface area contributed by atoms with Gasteiger partial charge in [-0.2, -0.15) is 11.8 Å². The molecule has 1 saturated heterocycles. The van der Waals surface area contributed by atoms with E-state index in [1.54, 1.807) is 0 Å². The van der Waals surface area contributed by atoms with Crippen LogP contribution in [0.3, 0.4) is 0 Å². The van der Waals surface area contributed by atoms with Gasteiger partial charge in [-0.25, -0.2) is 9.69 Å². The second-order valence-corrected chi connectivity index (χ2v) is 3.61. The quantitative estimate of drug-likeness (QED) is 0.634. The number of carbonyl (C=O) groups is 2. The summed E-state index contributed by atoms with van der Waals surface area (Å²) < 4.78 is 4.63. The van der Waals surface area contributed by atoms with E-state index in [4.69, 9.17) is 5.73 Å². The molecule has 2 N–H and O–H groups in total. The first kappa shape index (κ1) is 10.3. The number of nitrogens with two attached hydrogens (primary N) is 1. The first-order valence-corrected chi connectivity index (χ1v) is 5.16. The van der Waals surface area contributed by atoms with Crippen LogP contribution < -0.4 is 5.73 Å².